The van der Waals surface area contributed by atoms with Crippen LogP contribution in [0.3, 0.4) is 0 Å². The van der Waals surface area contributed by atoms with Gasteiger partial charge in [0.1, 0.15) is 0 Å². The van der Waals surface area contributed by atoms with Crippen LogP contribution in [-0.2, 0) is 0 Å². The molecule has 36 heavy (non-hydrogen) atoms. The Hall–Kier alpha value is -4.62. The van der Waals surface area contributed by atoms with Crippen molar-refractivity contribution in [2.45, 2.75) is 0 Å². The largest absolute Gasteiger partial charge is 0.395 e. The summed E-state index contributed by atoms with van der Waals surface area (Å²) in [5, 5.41) is 12.1. The fourth-order valence-electron chi connectivity index (χ4n) is 5.15. The summed E-state index contributed by atoms with van der Waals surface area (Å²) in [5.41, 5.74) is 2.56. The lowest BCUT2D eigenvalue weighted by Gasteiger charge is -2.27. The van der Waals surface area contributed by atoms with Gasteiger partial charge in [0.15, 0.2) is 0 Å². The molecule has 0 saturated carbocycles. The maximum atomic E-state index is 13.1. The zero-order valence-electron chi connectivity index (χ0n) is 19.1. The van der Waals surface area contributed by atoms with Crippen molar-refractivity contribution in [1.29, 1.82) is 0 Å². The molecule has 0 aromatic heterocycles. The smallest absolute Gasteiger partial charge is 0.261 e. The van der Waals surface area contributed by atoms with Gasteiger partial charge in [0.25, 0.3) is 23.6 Å². The summed E-state index contributed by atoms with van der Waals surface area (Å²) in [7, 11) is 0. The Labute approximate surface area is 205 Å². The monoisotopic (exact) mass is 476 g/mol. The lowest BCUT2D eigenvalue weighted by molar-refractivity contribution is 0.0576. The molecule has 0 spiro atoms. The van der Waals surface area contributed by atoms with Gasteiger partial charge in [-0.2, -0.15) is 0 Å². The van der Waals surface area contributed by atoms with E-state index in [2.05, 4.69) is 0 Å². The lowest BCUT2D eigenvalue weighted by atomic mass is 9.91. The van der Waals surface area contributed by atoms with E-state index in [-0.39, 0.29) is 31.5 Å². The third kappa shape index (κ3) is 3.10. The van der Waals surface area contributed by atoms with Gasteiger partial charge in [-0.15, -0.1) is 0 Å². The number of aliphatic hydroxyl groups is 1. The van der Waals surface area contributed by atoms with Crippen LogP contribution in [0.1, 0.15) is 47.0 Å². The highest BCUT2D eigenvalue weighted by molar-refractivity contribution is 6.27. The first kappa shape index (κ1) is 21.9. The van der Waals surface area contributed by atoms with Gasteiger partial charge >= 0.3 is 0 Å². The van der Waals surface area contributed by atoms with Crippen LogP contribution in [0.25, 0.3) is 27.6 Å². The molecule has 2 heterocycles. The molecule has 176 valence electrons. The summed E-state index contributed by atoms with van der Waals surface area (Å²) in [6.07, 6.45) is 3.53. The number of aliphatic hydroxyl groups excluding tert-OH is 1. The highest BCUT2D eigenvalue weighted by Gasteiger charge is 2.33. The van der Waals surface area contributed by atoms with Crippen LogP contribution >= 0.6 is 0 Å². The molecule has 1 N–H and O–H groups in total. The van der Waals surface area contributed by atoms with Crippen molar-refractivity contribution in [1.82, 2.24) is 9.80 Å². The minimum absolute atomic E-state index is 0.0656. The Balaban J connectivity index is 1.34. The van der Waals surface area contributed by atoms with E-state index in [0.717, 1.165) is 21.2 Å². The topological polar surface area (TPSA) is 95.0 Å². The minimum atomic E-state index is -0.439. The Bertz CT molecular complexity index is 1600. The summed E-state index contributed by atoms with van der Waals surface area (Å²) < 4.78 is 0. The fraction of sp³-hybridized carbons (Fsp3) is 0.103. The summed E-state index contributed by atoms with van der Waals surface area (Å²) in [4.78, 5) is 54.3. The van der Waals surface area contributed by atoms with Crippen molar-refractivity contribution in [3.05, 3.63) is 101 Å². The van der Waals surface area contributed by atoms with E-state index in [1.54, 1.807) is 48.6 Å². The van der Waals surface area contributed by atoms with Crippen LogP contribution in [0.4, 0.5) is 0 Å². The minimum Gasteiger partial charge on any atom is -0.395 e. The van der Waals surface area contributed by atoms with Crippen molar-refractivity contribution < 1.29 is 24.3 Å². The third-order valence-corrected chi connectivity index (χ3v) is 6.79. The molecule has 7 heteroatoms. The molecule has 6 rings (SSSR count). The van der Waals surface area contributed by atoms with Crippen LogP contribution in [0, 0.1) is 0 Å². The first-order valence-corrected chi connectivity index (χ1v) is 11.6. The molecular weight excluding hydrogens is 456 g/mol. The van der Waals surface area contributed by atoms with Crippen molar-refractivity contribution >= 4 is 51.2 Å². The molecule has 0 saturated heterocycles. The van der Waals surface area contributed by atoms with Crippen molar-refractivity contribution in [3.63, 3.8) is 0 Å². The molecule has 0 atom stereocenters. The van der Waals surface area contributed by atoms with Crippen LogP contribution < -0.4 is 0 Å². The summed E-state index contributed by atoms with van der Waals surface area (Å²) >= 11 is 0. The maximum Gasteiger partial charge on any atom is 0.261 e. The number of nitrogens with zero attached hydrogens (tertiary/aromatic N) is 2. The van der Waals surface area contributed by atoms with E-state index in [0.29, 0.717) is 33.0 Å². The second-order valence-electron chi connectivity index (χ2n) is 8.75. The Morgan fingerprint density at radius 2 is 1.19 bits per heavy atom. The van der Waals surface area contributed by atoms with Crippen LogP contribution in [0.2, 0.25) is 0 Å². The zero-order valence-corrected chi connectivity index (χ0v) is 19.1. The van der Waals surface area contributed by atoms with Gasteiger partial charge in [-0.25, -0.2) is 0 Å². The SMILES string of the molecule is O=C1c2cccc3cccc(c23)C(=O)N1C/C=C/c1ccc2c3c(cccc13)C(=O)N(CCO)C2=O. The molecule has 0 unspecified atom stereocenters. The molecule has 0 aliphatic carbocycles. The number of rotatable bonds is 5. The first-order chi connectivity index (χ1) is 17.5. The van der Waals surface area contributed by atoms with Gasteiger partial charge in [0.05, 0.1) is 13.2 Å². The van der Waals surface area contributed by atoms with E-state index in [4.69, 9.17) is 0 Å². The molecular formula is C29H20N2O5. The second kappa shape index (κ2) is 8.25. The first-order valence-electron chi connectivity index (χ1n) is 11.6. The number of hydrogen-bond acceptors (Lipinski definition) is 5. The number of hydrogen-bond donors (Lipinski definition) is 1. The quantitative estimate of drug-likeness (QED) is 0.441. The molecule has 0 radical (unpaired) electrons. The summed E-state index contributed by atoms with van der Waals surface area (Å²) in [5.74, 6) is -1.56. The van der Waals surface area contributed by atoms with E-state index in [1.807, 2.05) is 30.3 Å². The molecule has 0 fully saturated rings. The average molecular weight is 476 g/mol. The maximum absolute atomic E-state index is 13.1. The van der Waals surface area contributed by atoms with Gasteiger partial charge in [0, 0.05) is 39.6 Å². The number of benzene rings is 4. The fourth-order valence-corrected chi connectivity index (χ4v) is 5.15. The lowest BCUT2D eigenvalue weighted by Crippen LogP contribution is -2.41. The molecule has 4 amide bonds. The molecule has 4 aromatic rings. The molecule has 4 aromatic carbocycles. The van der Waals surface area contributed by atoms with Crippen molar-refractivity contribution in [3.8, 4) is 0 Å². The predicted molar refractivity (Wildman–Crippen MR) is 135 cm³/mol. The van der Waals surface area contributed by atoms with Crippen LogP contribution in [-0.4, -0.2) is 58.2 Å². The normalized spacial score (nSPS) is 15.1. The van der Waals surface area contributed by atoms with E-state index in [1.165, 1.54) is 4.90 Å². The van der Waals surface area contributed by atoms with Gasteiger partial charge in [-0.05, 0) is 40.6 Å². The van der Waals surface area contributed by atoms with Crippen LogP contribution in [0.15, 0.2) is 72.8 Å². The third-order valence-electron chi connectivity index (χ3n) is 6.79. The van der Waals surface area contributed by atoms with Gasteiger partial charge in [0.2, 0.25) is 0 Å². The predicted octanol–water partition coefficient (Wildman–Crippen LogP) is 3.89. The second-order valence-corrected chi connectivity index (χ2v) is 8.75. The van der Waals surface area contributed by atoms with Crippen molar-refractivity contribution in [2.24, 2.45) is 0 Å². The van der Waals surface area contributed by atoms with Crippen molar-refractivity contribution in [2.75, 3.05) is 19.7 Å². The van der Waals surface area contributed by atoms with E-state index in [9.17, 15) is 24.3 Å². The Kier molecular flexibility index (Phi) is 5.01. The number of carbonyl (C=O) groups is 4. The molecule has 7 nitrogen and oxygen atoms in total. The standard InChI is InChI=1S/C29H20N2O5/c32-16-15-31-28(35)22-11-3-8-19-17(12-13-23(25(19)22)29(31)36)7-4-14-30-26(33)20-9-1-5-18-6-2-10-21(24(18)20)27(30)34/h1-13,32H,14-16H2/b7-4+. The molecule has 0 bridgehead atoms. The zero-order chi connectivity index (χ0) is 25.0. The van der Waals surface area contributed by atoms with Crippen LogP contribution in [0.5, 0.6) is 0 Å². The number of carbonyl (C=O) groups excluding carboxylic acids is 4. The Morgan fingerprint density at radius 1 is 0.639 bits per heavy atom. The highest BCUT2D eigenvalue weighted by Crippen LogP contribution is 2.33. The molecule has 2 aliphatic heterocycles. The molecule has 2 aliphatic rings. The van der Waals surface area contributed by atoms with Gasteiger partial charge in [-0.1, -0.05) is 54.6 Å². The highest BCUT2D eigenvalue weighted by atomic mass is 16.3. The summed E-state index contributed by atoms with van der Waals surface area (Å²) in [6, 6.07) is 19.5. The summed E-state index contributed by atoms with van der Waals surface area (Å²) in [6.45, 7) is -0.298. The van der Waals surface area contributed by atoms with Gasteiger partial charge in [-0.3, -0.25) is 29.0 Å². The van der Waals surface area contributed by atoms with E-state index >= 15 is 0 Å². The number of amides is 4. The van der Waals surface area contributed by atoms with Gasteiger partial charge < -0.3 is 5.11 Å². The number of imide groups is 2. The average Bonchev–Trinajstić information content (AvgIpc) is 2.90. The Morgan fingerprint density at radius 3 is 1.83 bits per heavy atom. The number of β-amino-alcohol motifs (C(OH)–C–C–N with tert-alkyl or cyclic N) is 1. The van der Waals surface area contributed by atoms with E-state index < -0.39 is 11.8 Å².